The van der Waals surface area contributed by atoms with Crippen LogP contribution in [0.15, 0.2) is 199 Å². The summed E-state index contributed by atoms with van der Waals surface area (Å²) >= 11 is 0. The highest BCUT2D eigenvalue weighted by molar-refractivity contribution is 6.23. The molecule has 0 amide bonds. The van der Waals surface area contributed by atoms with Gasteiger partial charge in [0.25, 0.3) is 0 Å². The van der Waals surface area contributed by atoms with Crippen LogP contribution in [0.5, 0.6) is 0 Å². The first-order chi connectivity index (χ1) is 32.4. The van der Waals surface area contributed by atoms with Gasteiger partial charge in [0.2, 0.25) is 0 Å². The molecule has 0 unspecified atom stereocenters. The lowest BCUT2D eigenvalue weighted by Gasteiger charge is -2.21. The normalized spacial score (nSPS) is 12.7. The first kappa shape index (κ1) is 39.4. The molecule has 13 rings (SSSR count). The largest absolute Gasteiger partial charge is 0.456 e. The van der Waals surface area contributed by atoms with Gasteiger partial charge in [0.15, 0.2) is 17.5 Å². The quantitative estimate of drug-likeness (QED) is 0.173. The second-order valence-electron chi connectivity index (χ2n) is 17.9. The molecule has 0 saturated carbocycles. The van der Waals surface area contributed by atoms with Crippen molar-refractivity contribution in [2.24, 2.45) is 0 Å². The Labute approximate surface area is 383 Å². The number of nitrogens with zero attached hydrogens (tertiary/aromatic N) is 4. The number of hydrogen-bond donors (Lipinski definition) is 0. The molecule has 0 radical (unpaired) electrons. The molecule has 0 saturated heterocycles. The maximum atomic E-state index is 6.31. The predicted octanol–water partition coefficient (Wildman–Crippen LogP) is 16.4. The van der Waals surface area contributed by atoms with Crippen molar-refractivity contribution < 1.29 is 4.42 Å². The lowest BCUT2D eigenvalue weighted by atomic mass is 9.82. The van der Waals surface area contributed by atoms with Crippen LogP contribution in [0.4, 0.5) is 0 Å². The Morgan fingerprint density at radius 1 is 0.439 bits per heavy atom. The van der Waals surface area contributed by atoms with E-state index in [9.17, 15) is 0 Å². The van der Waals surface area contributed by atoms with Gasteiger partial charge in [0.1, 0.15) is 11.2 Å². The number of benzene rings is 9. The lowest BCUT2D eigenvalue weighted by Crippen LogP contribution is -2.14. The van der Waals surface area contributed by atoms with E-state index in [1.54, 1.807) is 0 Å². The zero-order chi connectivity index (χ0) is 44.5. The van der Waals surface area contributed by atoms with Gasteiger partial charge in [-0.15, -0.1) is 0 Å². The third-order valence-corrected chi connectivity index (χ3v) is 13.2. The number of fused-ring (bicyclic) bond motifs is 11. The van der Waals surface area contributed by atoms with Gasteiger partial charge in [-0.1, -0.05) is 186 Å². The van der Waals surface area contributed by atoms with Crippen LogP contribution in [0.3, 0.4) is 0 Å². The van der Waals surface area contributed by atoms with Crippen LogP contribution >= 0.6 is 0 Å². The van der Waals surface area contributed by atoms with Gasteiger partial charge >= 0.3 is 0 Å². The summed E-state index contributed by atoms with van der Waals surface area (Å²) in [5, 5.41) is 7.04. The monoisotopic (exact) mass is 850 g/mol. The van der Waals surface area contributed by atoms with Crippen molar-refractivity contribution in [3.8, 4) is 62.1 Å². The fraction of sp³-hybridized carbons (Fsp3) is 0.0984. The summed E-state index contributed by atoms with van der Waals surface area (Å²) in [6, 6.07) is 69.1. The molecular weight excluding hydrogens is 805 g/mol. The predicted molar refractivity (Wildman–Crippen MR) is 274 cm³/mol. The Morgan fingerprint density at radius 2 is 1.05 bits per heavy atom. The Hall–Kier alpha value is -8.15. The van der Waals surface area contributed by atoms with E-state index in [0.29, 0.717) is 17.5 Å². The van der Waals surface area contributed by atoms with Crippen LogP contribution in [0.25, 0.3) is 117 Å². The average molecular weight is 851 g/mol. The van der Waals surface area contributed by atoms with E-state index in [0.717, 1.165) is 55.3 Å². The minimum Gasteiger partial charge on any atom is -0.456 e. The number of hydrogen-bond acceptors (Lipinski definition) is 4. The highest BCUT2D eigenvalue weighted by Crippen LogP contribution is 2.50. The van der Waals surface area contributed by atoms with E-state index in [-0.39, 0.29) is 5.41 Å². The minimum atomic E-state index is -0.0693. The van der Waals surface area contributed by atoms with E-state index in [2.05, 4.69) is 172 Å². The van der Waals surface area contributed by atoms with Crippen LogP contribution < -0.4 is 0 Å². The van der Waals surface area contributed by atoms with Crippen LogP contribution in [-0.2, 0) is 5.41 Å². The third kappa shape index (κ3) is 6.26. The molecule has 1 aliphatic carbocycles. The molecule has 3 aromatic heterocycles. The zero-order valence-corrected chi connectivity index (χ0v) is 37.4. The topological polar surface area (TPSA) is 56.7 Å². The first-order valence-electron chi connectivity index (χ1n) is 22.9. The molecule has 9 aromatic carbocycles. The molecule has 1 aliphatic rings. The summed E-state index contributed by atoms with van der Waals surface area (Å²) in [7, 11) is 0. The molecular formula is C61H46N4O. The molecule has 0 atom stereocenters. The Morgan fingerprint density at radius 3 is 1.88 bits per heavy atom. The van der Waals surface area contributed by atoms with Crippen molar-refractivity contribution in [3.05, 3.63) is 205 Å². The summed E-state index contributed by atoms with van der Waals surface area (Å²) in [5.74, 6) is 1.79. The number of furan rings is 1. The highest BCUT2D eigenvalue weighted by Gasteiger charge is 2.35. The second kappa shape index (κ2) is 15.5. The molecule has 5 heteroatoms. The van der Waals surface area contributed by atoms with Crippen molar-refractivity contribution in [1.29, 1.82) is 0 Å². The van der Waals surface area contributed by atoms with E-state index in [1.807, 2.05) is 54.6 Å². The van der Waals surface area contributed by atoms with Crippen LogP contribution in [-0.4, -0.2) is 19.5 Å². The molecule has 66 heavy (non-hydrogen) atoms. The minimum absolute atomic E-state index is 0.0693. The van der Waals surface area contributed by atoms with E-state index >= 15 is 0 Å². The lowest BCUT2D eigenvalue weighted by molar-refractivity contribution is 0.660. The van der Waals surface area contributed by atoms with Gasteiger partial charge in [0.05, 0.1) is 11.0 Å². The molecule has 0 fully saturated rings. The van der Waals surface area contributed by atoms with Gasteiger partial charge in [-0.25, -0.2) is 15.0 Å². The molecule has 316 valence electrons. The summed E-state index contributed by atoms with van der Waals surface area (Å²) in [6.45, 7) is 8.93. The third-order valence-electron chi connectivity index (χ3n) is 13.2. The zero-order valence-electron chi connectivity index (χ0n) is 37.4. The summed E-state index contributed by atoms with van der Waals surface area (Å²) in [4.78, 5) is 15.4. The van der Waals surface area contributed by atoms with Gasteiger partial charge in [0, 0.05) is 54.9 Å². The van der Waals surface area contributed by atoms with Gasteiger partial charge in [-0.3, -0.25) is 0 Å². The summed E-state index contributed by atoms with van der Waals surface area (Å²) < 4.78 is 8.75. The van der Waals surface area contributed by atoms with E-state index in [4.69, 9.17) is 19.4 Å². The van der Waals surface area contributed by atoms with Crippen LogP contribution in [0.2, 0.25) is 0 Å². The standard InChI is InChI=1S/C58H38N4O.C3H8/c1-58(2)48-24-10-8-20-43(48)47-33-37(27-30-49(47)58)42-22-13-23-46-53-41-19-7-6-14-35(41)28-31-50(53)62(54(42)46)40-18-12-17-38(32-40)56-59-55(36-15-4-3-5-16-36)60-57(61-56)39-26-29-45-44-21-9-11-25-51(44)63-52(45)34-39;1-3-2/h3-34H,1-2H3;3H2,1-2H3. The highest BCUT2D eigenvalue weighted by atomic mass is 16.3. The van der Waals surface area contributed by atoms with Crippen LogP contribution in [0.1, 0.15) is 45.2 Å². The van der Waals surface area contributed by atoms with Gasteiger partial charge in [-0.05, 0) is 81.1 Å². The maximum absolute atomic E-state index is 6.31. The molecule has 0 bridgehead atoms. The fourth-order valence-electron chi connectivity index (χ4n) is 10.2. The van der Waals surface area contributed by atoms with E-state index < -0.39 is 0 Å². The SMILES string of the molecule is CC1(C)c2ccccc2-c2cc(-c3cccc4c5c6ccccc6ccc5n(-c5cccc(-c6nc(-c7ccccc7)nc(-c7ccc8c(c7)oc7ccccc78)n6)c5)c34)ccc21.CCC. The molecule has 12 aromatic rings. The van der Waals surface area contributed by atoms with Gasteiger partial charge in [-0.2, -0.15) is 0 Å². The molecule has 5 nitrogen and oxygen atoms in total. The van der Waals surface area contributed by atoms with Crippen molar-refractivity contribution in [3.63, 3.8) is 0 Å². The Kier molecular flexibility index (Phi) is 9.28. The average Bonchev–Trinajstić information content (AvgIpc) is 3.99. The number of rotatable bonds is 5. The number of para-hydroxylation sites is 2. The number of aromatic nitrogens is 4. The van der Waals surface area contributed by atoms with Gasteiger partial charge < -0.3 is 8.98 Å². The summed E-state index contributed by atoms with van der Waals surface area (Å²) in [6.07, 6.45) is 1.25. The van der Waals surface area contributed by atoms with Crippen molar-refractivity contribution in [2.75, 3.05) is 0 Å². The molecule has 0 spiro atoms. The Balaban J connectivity index is 0.00000148. The van der Waals surface area contributed by atoms with Crippen molar-refractivity contribution >= 4 is 54.5 Å². The molecule has 3 heterocycles. The smallest absolute Gasteiger partial charge is 0.164 e. The first-order valence-corrected chi connectivity index (χ1v) is 22.9. The fourth-order valence-corrected chi connectivity index (χ4v) is 10.2. The van der Waals surface area contributed by atoms with Crippen molar-refractivity contribution in [1.82, 2.24) is 19.5 Å². The molecule has 0 aliphatic heterocycles. The maximum Gasteiger partial charge on any atom is 0.164 e. The Bertz CT molecular complexity index is 3860. The molecule has 0 N–H and O–H groups in total. The summed E-state index contributed by atoms with van der Waals surface area (Å²) in [5.41, 5.74) is 15.3. The van der Waals surface area contributed by atoms with E-state index in [1.165, 1.54) is 61.3 Å². The second-order valence-corrected chi connectivity index (χ2v) is 17.9. The van der Waals surface area contributed by atoms with Crippen LogP contribution in [0, 0.1) is 0 Å². The van der Waals surface area contributed by atoms with Crippen molar-refractivity contribution in [2.45, 2.75) is 39.5 Å².